The maximum Gasteiger partial charge on any atom is 0.245 e. The van der Waals surface area contributed by atoms with E-state index in [1.807, 2.05) is 0 Å². The van der Waals surface area contributed by atoms with E-state index in [9.17, 15) is 26.3 Å². The molecule has 0 aromatic heterocycles. The molecule has 210 valence electrons. The lowest BCUT2D eigenvalue weighted by Crippen LogP contribution is -2.47. The first-order valence-corrected chi connectivity index (χ1v) is 15.3. The highest BCUT2D eigenvalue weighted by atomic mass is 32.2. The lowest BCUT2D eigenvalue weighted by Gasteiger charge is -2.38. The van der Waals surface area contributed by atoms with Crippen molar-refractivity contribution < 1.29 is 35.8 Å². The van der Waals surface area contributed by atoms with E-state index in [-0.39, 0.29) is 42.1 Å². The Kier molecular flexibility index (Phi) is 8.77. The number of nitrogens with zero attached hydrogens (tertiary/aromatic N) is 1. The molecule has 2 aliphatic heterocycles. The topological polar surface area (TPSA) is 134 Å². The fourth-order valence-electron chi connectivity index (χ4n) is 4.81. The molecule has 2 saturated heterocycles. The number of aliphatic hydroxyl groups excluding tert-OH is 1. The maximum absolute atomic E-state index is 14.3. The predicted octanol–water partition coefficient (Wildman–Crippen LogP) is 1.38. The van der Waals surface area contributed by atoms with Crippen molar-refractivity contribution in [3.8, 4) is 5.75 Å². The van der Waals surface area contributed by atoms with E-state index in [0.29, 0.717) is 37.2 Å². The van der Waals surface area contributed by atoms with E-state index in [2.05, 4.69) is 10.0 Å². The largest absolute Gasteiger partial charge is 0.491 e. The van der Waals surface area contributed by atoms with Gasteiger partial charge in [0, 0.05) is 31.7 Å². The Morgan fingerprint density at radius 2 is 1.92 bits per heavy atom. The van der Waals surface area contributed by atoms with E-state index in [0.717, 1.165) is 0 Å². The number of sulfonamides is 2. The summed E-state index contributed by atoms with van der Waals surface area (Å²) in [5.41, 5.74) is 0.213. The van der Waals surface area contributed by atoms with E-state index < -0.39 is 37.6 Å². The van der Waals surface area contributed by atoms with Crippen LogP contribution in [0, 0.1) is 12.7 Å². The van der Waals surface area contributed by atoms with Gasteiger partial charge in [-0.2, -0.15) is 4.31 Å². The fraction of sp³-hybridized carbons (Fsp3) is 0.520. The van der Waals surface area contributed by atoms with E-state index in [1.165, 1.54) is 41.7 Å². The number of hydrogen-bond donors (Lipinski definition) is 3. The molecule has 2 heterocycles. The van der Waals surface area contributed by atoms with Gasteiger partial charge < -0.3 is 19.9 Å². The second-order valence-electron chi connectivity index (χ2n) is 9.79. The first-order valence-electron chi connectivity index (χ1n) is 12.4. The molecule has 0 saturated carbocycles. The van der Waals surface area contributed by atoms with Crippen LogP contribution in [0.1, 0.15) is 24.8 Å². The molecule has 2 aliphatic rings. The van der Waals surface area contributed by atoms with Crippen molar-refractivity contribution in [3.05, 3.63) is 53.8 Å². The van der Waals surface area contributed by atoms with Crippen molar-refractivity contribution >= 4 is 20.0 Å². The summed E-state index contributed by atoms with van der Waals surface area (Å²) < 4.78 is 79.4. The Morgan fingerprint density at radius 1 is 1.18 bits per heavy atom. The lowest BCUT2D eigenvalue weighted by molar-refractivity contribution is -0.0312. The number of nitrogens with one attached hydrogen (secondary N) is 2. The van der Waals surface area contributed by atoms with E-state index in [4.69, 9.17) is 9.47 Å². The number of hydrogen-bond acceptors (Lipinski definition) is 8. The van der Waals surface area contributed by atoms with Crippen LogP contribution in [0.4, 0.5) is 4.39 Å². The highest BCUT2D eigenvalue weighted by molar-refractivity contribution is 7.89. The summed E-state index contributed by atoms with van der Waals surface area (Å²) in [5.74, 6) is -0.425. The molecule has 2 atom stereocenters. The highest BCUT2D eigenvalue weighted by Crippen LogP contribution is 2.37. The van der Waals surface area contributed by atoms with Crippen LogP contribution in [0.3, 0.4) is 0 Å². The van der Waals surface area contributed by atoms with Crippen molar-refractivity contribution in [3.63, 3.8) is 0 Å². The normalized spacial score (nSPS) is 21.0. The zero-order valence-corrected chi connectivity index (χ0v) is 23.0. The molecule has 10 nitrogen and oxygen atoms in total. The molecule has 0 radical (unpaired) electrons. The van der Waals surface area contributed by atoms with Crippen molar-refractivity contribution in [1.29, 1.82) is 0 Å². The summed E-state index contributed by atoms with van der Waals surface area (Å²) in [6.45, 7) is 2.84. The number of rotatable bonds is 10. The average Bonchev–Trinajstić information content (AvgIpc) is 3.30. The van der Waals surface area contributed by atoms with Gasteiger partial charge in [0.15, 0.2) is 0 Å². The Morgan fingerprint density at radius 3 is 2.63 bits per heavy atom. The summed E-state index contributed by atoms with van der Waals surface area (Å²) in [6.07, 6.45) is 0.814. The van der Waals surface area contributed by atoms with Crippen LogP contribution in [0.25, 0.3) is 0 Å². The molecule has 2 aromatic rings. The van der Waals surface area contributed by atoms with Crippen molar-refractivity contribution in [1.82, 2.24) is 14.3 Å². The molecule has 3 N–H and O–H groups in total. The van der Waals surface area contributed by atoms with Gasteiger partial charge >= 0.3 is 0 Å². The van der Waals surface area contributed by atoms with Crippen LogP contribution in [0.2, 0.25) is 0 Å². The maximum atomic E-state index is 14.3. The molecule has 4 rings (SSSR count). The Balaban J connectivity index is 1.24. The van der Waals surface area contributed by atoms with Gasteiger partial charge in [0.05, 0.1) is 17.1 Å². The van der Waals surface area contributed by atoms with Crippen LogP contribution in [-0.2, 0) is 24.8 Å². The molecule has 13 heteroatoms. The van der Waals surface area contributed by atoms with Crippen molar-refractivity contribution in [2.45, 2.75) is 53.7 Å². The van der Waals surface area contributed by atoms with Gasteiger partial charge in [-0.1, -0.05) is 12.1 Å². The molecule has 0 aliphatic carbocycles. The van der Waals surface area contributed by atoms with Gasteiger partial charge in [-0.25, -0.2) is 25.9 Å². The minimum atomic E-state index is -3.93. The van der Waals surface area contributed by atoms with Crippen LogP contribution in [-0.4, -0.2) is 83.9 Å². The van der Waals surface area contributed by atoms with Gasteiger partial charge in [-0.15, -0.1) is 0 Å². The van der Waals surface area contributed by atoms with Crippen molar-refractivity contribution in [2.75, 3.05) is 39.9 Å². The third kappa shape index (κ3) is 6.53. The Hall–Kier alpha value is -2.13. The summed E-state index contributed by atoms with van der Waals surface area (Å²) in [7, 11) is -6.20. The zero-order valence-electron chi connectivity index (χ0n) is 21.4. The summed E-state index contributed by atoms with van der Waals surface area (Å²) >= 11 is 0. The Labute approximate surface area is 223 Å². The number of aryl methyl sites for hydroxylation is 1. The van der Waals surface area contributed by atoms with Gasteiger partial charge in [-0.3, -0.25) is 0 Å². The minimum absolute atomic E-state index is 0.0221. The second kappa shape index (κ2) is 11.5. The molecule has 1 unspecified atom stereocenters. The van der Waals surface area contributed by atoms with Gasteiger partial charge in [0.1, 0.15) is 29.2 Å². The van der Waals surface area contributed by atoms with Gasteiger partial charge in [-0.05, 0) is 63.1 Å². The second-order valence-corrected chi connectivity index (χ2v) is 13.6. The first-order chi connectivity index (χ1) is 17.9. The molecular weight excluding hydrogens is 537 g/mol. The van der Waals surface area contributed by atoms with Crippen LogP contribution in [0.15, 0.2) is 52.3 Å². The fourth-order valence-corrected chi connectivity index (χ4v) is 7.16. The number of benzene rings is 2. The first kappa shape index (κ1) is 28.9. The number of ether oxygens (including phenoxy) is 2. The molecule has 38 heavy (non-hydrogen) atoms. The molecule has 0 amide bonds. The number of piperidine rings is 1. The SMILES string of the molecule is CNS(=O)(=O)c1cccc(OCC(O)CN[C@@H]2COC3(CCN(S(=O)(=O)c4cc(C)ccc4F)CC3)C2)c1. The van der Waals surface area contributed by atoms with Crippen molar-refractivity contribution in [2.24, 2.45) is 0 Å². The van der Waals surface area contributed by atoms with Gasteiger partial charge in [0.2, 0.25) is 20.0 Å². The quantitative estimate of drug-likeness (QED) is 0.390. The average molecular weight is 572 g/mol. The van der Waals surface area contributed by atoms with Crippen LogP contribution < -0.4 is 14.8 Å². The Bertz CT molecular complexity index is 1350. The summed E-state index contributed by atoms with van der Waals surface area (Å²) in [4.78, 5) is -0.228. The zero-order chi connectivity index (χ0) is 27.6. The molecule has 2 aromatic carbocycles. The third-order valence-corrected chi connectivity index (χ3v) is 10.3. The number of aliphatic hydroxyl groups is 1. The minimum Gasteiger partial charge on any atom is -0.491 e. The monoisotopic (exact) mass is 571 g/mol. The molecule has 2 fully saturated rings. The lowest BCUT2D eigenvalue weighted by atomic mass is 9.88. The molecule has 0 bridgehead atoms. The summed E-state index contributed by atoms with van der Waals surface area (Å²) in [5, 5.41) is 13.6. The molecule has 1 spiro atoms. The smallest absolute Gasteiger partial charge is 0.245 e. The highest BCUT2D eigenvalue weighted by Gasteiger charge is 2.45. The predicted molar refractivity (Wildman–Crippen MR) is 138 cm³/mol. The van der Waals surface area contributed by atoms with E-state index in [1.54, 1.807) is 19.1 Å². The van der Waals surface area contributed by atoms with E-state index >= 15 is 0 Å². The van der Waals surface area contributed by atoms with Crippen LogP contribution in [0.5, 0.6) is 5.75 Å². The summed E-state index contributed by atoms with van der Waals surface area (Å²) in [6, 6.07) is 10.1. The van der Waals surface area contributed by atoms with Crippen LogP contribution >= 0.6 is 0 Å². The standard InChI is InChI=1S/C25H34FN3O7S2/c1-18-6-7-23(26)24(12-18)38(33,34)29-10-8-25(9-11-29)14-19(16-36-25)28-15-20(30)17-35-21-4-3-5-22(13-21)37(31,32)27-2/h3-7,12-13,19-20,27-28,30H,8-11,14-17H2,1-2H3/t19-,20?/m0/s1. The molecular formula is C25H34FN3O7S2. The third-order valence-electron chi connectivity index (χ3n) is 7.02. The number of halogens is 1. The van der Waals surface area contributed by atoms with Gasteiger partial charge in [0.25, 0.3) is 0 Å².